The molecule has 0 bridgehead atoms. The molecule has 39 heavy (non-hydrogen) atoms. The highest BCUT2D eigenvalue weighted by Crippen LogP contribution is 2.35. The molecule has 0 amide bonds. The predicted octanol–water partition coefficient (Wildman–Crippen LogP) is 8.17. The lowest BCUT2D eigenvalue weighted by Crippen LogP contribution is -2.14. The summed E-state index contributed by atoms with van der Waals surface area (Å²) in [7, 11) is 5.17. The van der Waals surface area contributed by atoms with E-state index in [2.05, 4.69) is 93.6 Å². The Kier molecular flexibility index (Phi) is 9.70. The minimum absolute atomic E-state index is 0.895. The number of hydrogen-bond donors (Lipinski definition) is 0. The topological polar surface area (TPSA) is 27.7 Å². The SMILES string of the molecule is CCc1c(Cc2ccc(OC)cc2)c(CC)c(Cc2ccc(OC)cc2)c(CC)c1Cc1ccc(OC)cc1. The molecule has 0 saturated carbocycles. The Balaban J connectivity index is 1.89. The molecule has 0 fully saturated rings. The molecular weight excluding hydrogens is 480 g/mol. The van der Waals surface area contributed by atoms with Crippen LogP contribution in [-0.2, 0) is 38.5 Å². The van der Waals surface area contributed by atoms with Crippen LogP contribution in [-0.4, -0.2) is 21.3 Å². The third-order valence-corrected chi connectivity index (χ3v) is 7.87. The van der Waals surface area contributed by atoms with Crippen LogP contribution in [0.5, 0.6) is 17.2 Å². The Hall–Kier alpha value is -3.72. The van der Waals surface area contributed by atoms with Gasteiger partial charge in [-0.1, -0.05) is 57.2 Å². The molecule has 3 nitrogen and oxygen atoms in total. The van der Waals surface area contributed by atoms with Gasteiger partial charge in [-0.2, -0.15) is 0 Å². The third kappa shape index (κ3) is 6.47. The molecule has 0 radical (unpaired) electrons. The molecule has 0 N–H and O–H groups in total. The first-order chi connectivity index (χ1) is 19.0. The molecule has 0 aliphatic heterocycles. The average molecular weight is 523 g/mol. The van der Waals surface area contributed by atoms with E-state index in [1.54, 1.807) is 21.3 Å². The third-order valence-electron chi connectivity index (χ3n) is 7.87. The van der Waals surface area contributed by atoms with Crippen molar-refractivity contribution in [3.8, 4) is 17.2 Å². The Morgan fingerprint density at radius 2 is 0.590 bits per heavy atom. The van der Waals surface area contributed by atoms with E-state index < -0.39 is 0 Å². The monoisotopic (exact) mass is 522 g/mol. The van der Waals surface area contributed by atoms with Gasteiger partial charge in [0.25, 0.3) is 0 Å². The molecule has 4 rings (SSSR count). The lowest BCUT2D eigenvalue weighted by molar-refractivity contribution is 0.414. The molecule has 0 saturated heterocycles. The van der Waals surface area contributed by atoms with Crippen LogP contribution in [0.4, 0.5) is 0 Å². The van der Waals surface area contributed by atoms with E-state index in [1.807, 2.05) is 0 Å². The van der Waals surface area contributed by atoms with Crippen molar-refractivity contribution in [3.05, 3.63) is 123 Å². The molecule has 4 aromatic rings. The zero-order valence-corrected chi connectivity index (χ0v) is 24.4. The van der Waals surface area contributed by atoms with E-state index in [0.717, 1.165) is 55.8 Å². The first kappa shape index (κ1) is 28.3. The molecule has 4 aromatic carbocycles. The first-order valence-corrected chi connectivity index (χ1v) is 14.1. The number of ether oxygens (including phenoxy) is 3. The zero-order chi connectivity index (χ0) is 27.8. The Morgan fingerprint density at radius 1 is 0.359 bits per heavy atom. The maximum Gasteiger partial charge on any atom is 0.118 e. The minimum Gasteiger partial charge on any atom is -0.497 e. The van der Waals surface area contributed by atoms with Crippen LogP contribution in [0, 0.1) is 0 Å². The summed E-state index contributed by atoms with van der Waals surface area (Å²) in [5.74, 6) is 2.69. The van der Waals surface area contributed by atoms with Gasteiger partial charge in [-0.3, -0.25) is 0 Å². The predicted molar refractivity (Wildman–Crippen MR) is 162 cm³/mol. The van der Waals surface area contributed by atoms with Crippen LogP contribution >= 0.6 is 0 Å². The van der Waals surface area contributed by atoms with Crippen molar-refractivity contribution in [2.75, 3.05) is 21.3 Å². The van der Waals surface area contributed by atoms with E-state index >= 15 is 0 Å². The summed E-state index contributed by atoms with van der Waals surface area (Å²) >= 11 is 0. The van der Waals surface area contributed by atoms with Gasteiger partial charge in [0.1, 0.15) is 17.2 Å². The second-order valence-electron chi connectivity index (χ2n) is 10.0. The molecular formula is C36H42O3. The maximum absolute atomic E-state index is 5.43. The second-order valence-corrected chi connectivity index (χ2v) is 10.0. The molecule has 0 aliphatic rings. The number of methoxy groups -OCH3 is 3. The lowest BCUT2D eigenvalue weighted by Gasteiger charge is -2.27. The molecule has 3 heteroatoms. The average Bonchev–Trinajstić information content (AvgIpc) is 2.98. The zero-order valence-electron chi connectivity index (χ0n) is 24.4. The highest BCUT2D eigenvalue weighted by Gasteiger charge is 2.22. The normalized spacial score (nSPS) is 10.9. The van der Waals surface area contributed by atoms with Crippen molar-refractivity contribution in [1.29, 1.82) is 0 Å². The van der Waals surface area contributed by atoms with Crippen molar-refractivity contribution in [2.24, 2.45) is 0 Å². The fraction of sp³-hybridized carbons (Fsp3) is 0.333. The molecule has 0 spiro atoms. The van der Waals surface area contributed by atoms with Crippen LogP contribution in [0.25, 0.3) is 0 Å². The van der Waals surface area contributed by atoms with E-state index in [-0.39, 0.29) is 0 Å². The summed E-state index contributed by atoms with van der Waals surface area (Å²) in [5.41, 5.74) is 13.0. The smallest absolute Gasteiger partial charge is 0.118 e. The van der Waals surface area contributed by atoms with Gasteiger partial charge in [-0.05, 0) is 125 Å². The van der Waals surface area contributed by atoms with Crippen molar-refractivity contribution < 1.29 is 14.2 Å². The Bertz CT molecular complexity index is 1160. The molecule has 0 atom stereocenters. The molecule has 0 aromatic heterocycles. The van der Waals surface area contributed by atoms with Gasteiger partial charge in [0.15, 0.2) is 0 Å². The van der Waals surface area contributed by atoms with Crippen molar-refractivity contribution in [3.63, 3.8) is 0 Å². The highest BCUT2D eigenvalue weighted by atomic mass is 16.5. The minimum atomic E-state index is 0.895. The van der Waals surface area contributed by atoms with E-state index in [9.17, 15) is 0 Å². The maximum atomic E-state index is 5.43. The highest BCUT2D eigenvalue weighted by molar-refractivity contribution is 5.56. The molecule has 0 heterocycles. The van der Waals surface area contributed by atoms with Crippen molar-refractivity contribution >= 4 is 0 Å². The molecule has 0 aliphatic carbocycles. The number of rotatable bonds is 12. The van der Waals surface area contributed by atoms with Gasteiger partial charge < -0.3 is 14.2 Å². The second kappa shape index (κ2) is 13.4. The lowest BCUT2D eigenvalue weighted by atomic mass is 9.78. The number of hydrogen-bond acceptors (Lipinski definition) is 3. The summed E-state index contributed by atoms with van der Waals surface area (Å²) in [6.07, 6.45) is 5.81. The van der Waals surface area contributed by atoms with Crippen LogP contribution in [0.2, 0.25) is 0 Å². The van der Waals surface area contributed by atoms with Gasteiger partial charge in [0, 0.05) is 0 Å². The van der Waals surface area contributed by atoms with Crippen LogP contribution in [0.1, 0.15) is 70.8 Å². The van der Waals surface area contributed by atoms with E-state index in [1.165, 1.54) is 50.1 Å². The van der Waals surface area contributed by atoms with Gasteiger partial charge in [0.05, 0.1) is 21.3 Å². The van der Waals surface area contributed by atoms with E-state index in [4.69, 9.17) is 14.2 Å². The first-order valence-electron chi connectivity index (χ1n) is 14.1. The fourth-order valence-corrected chi connectivity index (χ4v) is 5.86. The summed E-state index contributed by atoms with van der Waals surface area (Å²) in [6.45, 7) is 6.94. The quantitative estimate of drug-likeness (QED) is 0.188. The van der Waals surface area contributed by atoms with Gasteiger partial charge in [-0.25, -0.2) is 0 Å². The van der Waals surface area contributed by atoms with Crippen molar-refractivity contribution in [2.45, 2.75) is 59.3 Å². The van der Waals surface area contributed by atoms with Crippen LogP contribution < -0.4 is 14.2 Å². The molecule has 0 unspecified atom stereocenters. The Labute approximate surface area is 234 Å². The fourth-order valence-electron chi connectivity index (χ4n) is 5.86. The number of benzene rings is 4. The summed E-state index contributed by atoms with van der Waals surface area (Å²) in [4.78, 5) is 0. The van der Waals surface area contributed by atoms with Crippen molar-refractivity contribution in [1.82, 2.24) is 0 Å². The Morgan fingerprint density at radius 3 is 0.769 bits per heavy atom. The summed E-state index contributed by atoms with van der Waals surface area (Å²) in [6, 6.07) is 25.7. The van der Waals surface area contributed by atoms with Crippen LogP contribution in [0.3, 0.4) is 0 Å². The van der Waals surface area contributed by atoms with Crippen LogP contribution in [0.15, 0.2) is 72.8 Å². The van der Waals surface area contributed by atoms with Gasteiger partial charge in [0.2, 0.25) is 0 Å². The molecule has 204 valence electrons. The van der Waals surface area contributed by atoms with Gasteiger partial charge >= 0.3 is 0 Å². The summed E-state index contributed by atoms with van der Waals surface area (Å²) in [5, 5.41) is 0. The summed E-state index contributed by atoms with van der Waals surface area (Å²) < 4.78 is 16.3. The standard InChI is InChI=1S/C36H42O3/c1-7-31-34(22-25-10-16-28(37-4)17-11-25)32(8-2)36(24-27-14-20-30(39-6)21-15-27)33(9-3)35(31)23-26-12-18-29(38-5)19-13-26/h10-21H,7-9,22-24H2,1-6H3. The van der Waals surface area contributed by atoms with Gasteiger partial charge in [-0.15, -0.1) is 0 Å². The van der Waals surface area contributed by atoms with E-state index in [0.29, 0.717) is 0 Å². The largest absolute Gasteiger partial charge is 0.497 e.